The minimum absolute atomic E-state index is 0.0921. The predicted octanol–water partition coefficient (Wildman–Crippen LogP) is -0.540. The lowest BCUT2D eigenvalue weighted by Gasteiger charge is -2.36. The molecule has 2 N–H and O–H groups in total. The smallest absolute Gasteiger partial charge is 0.247 e. The summed E-state index contributed by atoms with van der Waals surface area (Å²) in [5, 5.41) is 0. The lowest BCUT2D eigenvalue weighted by Crippen LogP contribution is -2.53. The second-order valence-electron chi connectivity index (χ2n) is 6.62. The summed E-state index contributed by atoms with van der Waals surface area (Å²) in [5.74, 6) is -0.526. The Hall–Kier alpha value is -2.25. The maximum atomic E-state index is 12.7. The van der Waals surface area contributed by atoms with E-state index in [9.17, 15) is 14.4 Å². The van der Waals surface area contributed by atoms with Crippen LogP contribution in [0, 0.1) is 0 Å². The Morgan fingerprint density at radius 1 is 1.08 bits per heavy atom. The Balaban J connectivity index is 1.54. The third-order valence-corrected chi connectivity index (χ3v) is 4.91. The van der Waals surface area contributed by atoms with E-state index < -0.39 is 0 Å². The lowest BCUT2D eigenvalue weighted by atomic mass is 10.1. The van der Waals surface area contributed by atoms with Gasteiger partial charge in [0, 0.05) is 32.7 Å². The van der Waals surface area contributed by atoms with E-state index in [1.165, 1.54) is 4.90 Å². The first-order valence-corrected chi connectivity index (χ1v) is 8.67. The largest absolute Gasteiger partial charge is 0.369 e. The molecule has 1 aromatic rings. The molecular formula is C18H24N4O3. The normalized spacial score (nSPS) is 22.6. The number of carbonyl (C=O) groups excluding carboxylic acids is 3. The van der Waals surface area contributed by atoms with E-state index in [0.29, 0.717) is 39.1 Å². The van der Waals surface area contributed by atoms with E-state index >= 15 is 0 Å². The van der Waals surface area contributed by atoms with Crippen LogP contribution in [0.15, 0.2) is 30.3 Å². The number of nitrogens with two attached hydrogens (primary N) is 1. The fraction of sp³-hybridized carbons (Fsp3) is 0.500. The van der Waals surface area contributed by atoms with Gasteiger partial charge in [-0.05, 0) is 12.0 Å². The Labute approximate surface area is 147 Å². The molecule has 2 aliphatic rings. The minimum Gasteiger partial charge on any atom is -0.369 e. The molecule has 3 amide bonds. The molecule has 2 saturated heterocycles. The van der Waals surface area contributed by atoms with E-state index in [1.807, 2.05) is 35.2 Å². The number of amides is 3. The van der Waals surface area contributed by atoms with Gasteiger partial charge in [0.25, 0.3) is 0 Å². The van der Waals surface area contributed by atoms with E-state index in [4.69, 9.17) is 5.73 Å². The monoisotopic (exact) mass is 344 g/mol. The molecule has 25 heavy (non-hydrogen) atoms. The molecule has 0 aliphatic carbocycles. The summed E-state index contributed by atoms with van der Waals surface area (Å²) in [6.45, 7) is 3.39. The summed E-state index contributed by atoms with van der Waals surface area (Å²) in [5.41, 5.74) is 6.34. The highest BCUT2D eigenvalue weighted by Crippen LogP contribution is 2.20. The number of likely N-dealkylation sites (tertiary alicyclic amines) is 1. The number of hydrogen-bond acceptors (Lipinski definition) is 5. The molecule has 3 rings (SSSR count). The van der Waals surface area contributed by atoms with Gasteiger partial charge in [-0.3, -0.25) is 29.1 Å². The van der Waals surface area contributed by atoms with Gasteiger partial charge in [-0.1, -0.05) is 30.3 Å². The molecule has 134 valence electrons. The zero-order chi connectivity index (χ0) is 17.8. The molecule has 7 nitrogen and oxygen atoms in total. The first kappa shape index (κ1) is 17.6. The van der Waals surface area contributed by atoms with Crippen molar-refractivity contribution in [1.29, 1.82) is 0 Å². The van der Waals surface area contributed by atoms with Gasteiger partial charge >= 0.3 is 0 Å². The fourth-order valence-corrected chi connectivity index (χ4v) is 3.52. The van der Waals surface area contributed by atoms with Crippen LogP contribution in [0.25, 0.3) is 0 Å². The molecule has 2 heterocycles. The van der Waals surface area contributed by atoms with E-state index in [-0.39, 0.29) is 36.7 Å². The maximum absolute atomic E-state index is 12.7. The van der Waals surface area contributed by atoms with Gasteiger partial charge in [-0.2, -0.15) is 0 Å². The molecular weight excluding hydrogens is 320 g/mol. The lowest BCUT2D eigenvalue weighted by molar-refractivity contribution is -0.140. The van der Waals surface area contributed by atoms with Crippen LogP contribution in [0.4, 0.5) is 0 Å². The van der Waals surface area contributed by atoms with Crippen LogP contribution < -0.4 is 5.73 Å². The third kappa shape index (κ3) is 4.24. The zero-order valence-corrected chi connectivity index (χ0v) is 14.3. The molecule has 7 heteroatoms. The molecule has 1 atom stereocenters. The van der Waals surface area contributed by atoms with E-state index in [2.05, 4.69) is 4.90 Å². The number of carbonyl (C=O) groups is 3. The average Bonchev–Trinajstić information content (AvgIpc) is 2.88. The summed E-state index contributed by atoms with van der Waals surface area (Å²) in [4.78, 5) is 41.4. The number of nitrogens with zero attached hydrogens (tertiary/aromatic N) is 3. The van der Waals surface area contributed by atoms with Crippen molar-refractivity contribution < 1.29 is 14.4 Å². The van der Waals surface area contributed by atoms with E-state index in [1.54, 1.807) is 0 Å². The van der Waals surface area contributed by atoms with Crippen LogP contribution in [0.2, 0.25) is 0 Å². The predicted molar refractivity (Wildman–Crippen MR) is 92.5 cm³/mol. The van der Waals surface area contributed by atoms with Crippen molar-refractivity contribution in [2.24, 2.45) is 5.73 Å². The quantitative estimate of drug-likeness (QED) is 0.701. The second kappa shape index (κ2) is 7.76. The summed E-state index contributed by atoms with van der Waals surface area (Å²) >= 11 is 0. The molecule has 0 saturated carbocycles. The molecule has 0 bridgehead atoms. The Morgan fingerprint density at radius 2 is 1.76 bits per heavy atom. The summed E-state index contributed by atoms with van der Waals surface area (Å²) in [7, 11) is 0. The van der Waals surface area contributed by atoms with Crippen molar-refractivity contribution in [2.75, 3.05) is 39.3 Å². The number of rotatable bonds is 6. The second-order valence-corrected chi connectivity index (χ2v) is 6.62. The van der Waals surface area contributed by atoms with Crippen molar-refractivity contribution in [1.82, 2.24) is 14.7 Å². The number of benzene rings is 1. The number of imide groups is 1. The van der Waals surface area contributed by atoms with Gasteiger partial charge in [0.05, 0.1) is 19.0 Å². The van der Waals surface area contributed by atoms with Crippen molar-refractivity contribution >= 4 is 17.7 Å². The van der Waals surface area contributed by atoms with Crippen molar-refractivity contribution in [3.8, 4) is 0 Å². The van der Waals surface area contributed by atoms with Crippen molar-refractivity contribution in [2.45, 2.75) is 18.9 Å². The standard InChI is InChI=1S/C18H24N4O3/c19-16(23)13-20-8-10-21(11-9-20)15-12-17(24)22(18(15)25)7-6-14-4-2-1-3-5-14/h1-5,15H,6-13H2,(H2,19,23)/t15-/m0/s1. The third-order valence-electron chi connectivity index (χ3n) is 4.91. The van der Waals surface area contributed by atoms with Gasteiger partial charge in [0.1, 0.15) is 0 Å². The number of primary amides is 1. The van der Waals surface area contributed by atoms with Gasteiger partial charge in [-0.15, -0.1) is 0 Å². The van der Waals surface area contributed by atoms with Crippen molar-refractivity contribution in [3.05, 3.63) is 35.9 Å². The van der Waals surface area contributed by atoms with E-state index in [0.717, 1.165) is 5.56 Å². The summed E-state index contributed by atoms with van der Waals surface area (Å²) < 4.78 is 0. The average molecular weight is 344 g/mol. The molecule has 0 aromatic heterocycles. The molecule has 2 fully saturated rings. The van der Waals surface area contributed by atoms with Gasteiger partial charge in [0.15, 0.2) is 0 Å². The van der Waals surface area contributed by atoms with Crippen LogP contribution in [0.3, 0.4) is 0 Å². The van der Waals surface area contributed by atoms with Gasteiger partial charge < -0.3 is 5.73 Å². The highest BCUT2D eigenvalue weighted by Gasteiger charge is 2.42. The molecule has 2 aliphatic heterocycles. The molecule has 0 spiro atoms. The van der Waals surface area contributed by atoms with Crippen LogP contribution >= 0.6 is 0 Å². The topological polar surface area (TPSA) is 87.0 Å². The van der Waals surface area contributed by atoms with Crippen LogP contribution in [0.1, 0.15) is 12.0 Å². The van der Waals surface area contributed by atoms with Gasteiger partial charge in [-0.25, -0.2) is 0 Å². The fourth-order valence-electron chi connectivity index (χ4n) is 3.52. The van der Waals surface area contributed by atoms with Crippen LogP contribution in [0.5, 0.6) is 0 Å². The maximum Gasteiger partial charge on any atom is 0.247 e. The van der Waals surface area contributed by atoms with Crippen LogP contribution in [-0.4, -0.2) is 77.7 Å². The summed E-state index contributed by atoms with van der Waals surface area (Å²) in [6.07, 6.45) is 0.931. The number of hydrogen-bond donors (Lipinski definition) is 1. The summed E-state index contributed by atoms with van der Waals surface area (Å²) in [6, 6.07) is 9.50. The highest BCUT2D eigenvalue weighted by molar-refractivity contribution is 6.05. The first-order valence-electron chi connectivity index (χ1n) is 8.67. The highest BCUT2D eigenvalue weighted by atomic mass is 16.2. The van der Waals surface area contributed by atoms with Crippen molar-refractivity contribution in [3.63, 3.8) is 0 Å². The molecule has 1 aromatic carbocycles. The molecule has 0 unspecified atom stereocenters. The number of piperazine rings is 1. The zero-order valence-electron chi connectivity index (χ0n) is 14.3. The Bertz CT molecular complexity index is 641. The molecule has 0 radical (unpaired) electrons. The minimum atomic E-state index is -0.362. The Morgan fingerprint density at radius 3 is 2.40 bits per heavy atom. The van der Waals surface area contributed by atoms with Crippen LogP contribution in [-0.2, 0) is 20.8 Å². The Kier molecular flexibility index (Phi) is 5.45. The van der Waals surface area contributed by atoms with Gasteiger partial charge in [0.2, 0.25) is 17.7 Å². The SMILES string of the molecule is NC(=O)CN1CCN([C@H]2CC(=O)N(CCc3ccccc3)C2=O)CC1. The first-order chi connectivity index (χ1) is 12.0.